The first-order chi connectivity index (χ1) is 9.63. The Hall–Kier alpha value is -1.51. The fraction of sp³-hybridized carbons (Fsp3) is 0.294. The van der Waals surface area contributed by atoms with E-state index in [1.165, 1.54) is 16.7 Å². The molecule has 3 heteroatoms. The lowest BCUT2D eigenvalue weighted by Gasteiger charge is -2.21. The van der Waals surface area contributed by atoms with Crippen LogP contribution in [0, 0.1) is 0 Å². The van der Waals surface area contributed by atoms with Crippen molar-refractivity contribution in [1.29, 1.82) is 0 Å². The topological polar surface area (TPSA) is 32.3 Å². The molecule has 3 rings (SSSR count). The molecule has 2 atom stereocenters. The molecule has 0 spiro atoms. The second-order valence-electron chi connectivity index (χ2n) is 5.41. The SMILES string of the molecule is CC(NC1CCc2cc(O)ccc21)c1ccc(Cl)cc1. The zero-order chi connectivity index (χ0) is 14.1. The molecule has 0 amide bonds. The highest BCUT2D eigenvalue weighted by molar-refractivity contribution is 6.30. The van der Waals surface area contributed by atoms with Crippen molar-refractivity contribution in [1.82, 2.24) is 5.32 Å². The maximum absolute atomic E-state index is 9.54. The van der Waals surface area contributed by atoms with Gasteiger partial charge in [0.2, 0.25) is 0 Å². The van der Waals surface area contributed by atoms with Crippen LogP contribution in [0.25, 0.3) is 0 Å². The van der Waals surface area contributed by atoms with E-state index in [9.17, 15) is 5.11 Å². The predicted octanol–water partition coefficient (Wildman–Crippen LogP) is 4.38. The lowest BCUT2D eigenvalue weighted by molar-refractivity contribution is 0.464. The van der Waals surface area contributed by atoms with Gasteiger partial charge in [-0.25, -0.2) is 0 Å². The van der Waals surface area contributed by atoms with Crippen LogP contribution in [0.5, 0.6) is 5.75 Å². The third kappa shape index (κ3) is 2.67. The summed E-state index contributed by atoms with van der Waals surface area (Å²) in [5.74, 6) is 0.357. The first-order valence-corrected chi connectivity index (χ1v) is 7.34. The minimum Gasteiger partial charge on any atom is -0.508 e. The normalized spacial score (nSPS) is 18.8. The lowest BCUT2D eigenvalue weighted by atomic mass is 10.0. The fourth-order valence-corrected chi connectivity index (χ4v) is 3.05. The number of fused-ring (bicyclic) bond motifs is 1. The average Bonchev–Trinajstić information content (AvgIpc) is 2.81. The fourth-order valence-electron chi connectivity index (χ4n) is 2.93. The van der Waals surface area contributed by atoms with E-state index in [-0.39, 0.29) is 6.04 Å². The van der Waals surface area contributed by atoms with E-state index in [0.29, 0.717) is 11.8 Å². The lowest BCUT2D eigenvalue weighted by Crippen LogP contribution is -2.22. The summed E-state index contributed by atoms with van der Waals surface area (Å²) in [4.78, 5) is 0. The van der Waals surface area contributed by atoms with E-state index in [2.05, 4.69) is 24.4 Å². The van der Waals surface area contributed by atoms with Crippen LogP contribution < -0.4 is 5.32 Å². The molecule has 0 radical (unpaired) electrons. The van der Waals surface area contributed by atoms with Gasteiger partial charge in [-0.1, -0.05) is 29.8 Å². The van der Waals surface area contributed by atoms with Gasteiger partial charge in [-0.3, -0.25) is 0 Å². The van der Waals surface area contributed by atoms with Gasteiger partial charge in [0, 0.05) is 17.1 Å². The maximum Gasteiger partial charge on any atom is 0.115 e. The summed E-state index contributed by atoms with van der Waals surface area (Å²) < 4.78 is 0. The largest absolute Gasteiger partial charge is 0.508 e. The summed E-state index contributed by atoms with van der Waals surface area (Å²) >= 11 is 5.92. The van der Waals surface area contributed by atoms with E-state index in [1.807, 2.05) is 24.3 Å². The van der Waals surface area contributed by atoms with Crippen LogP contribution in [0.15, 0.2) is 42.5 Å². The highest BCUT2D eigenvalue weighted by Gasteiger charge is 2.24. The number of hydrogen-bond donors (Lipinski definition) is 2. The van der Waals surface area contributed by atoms with Gasteiger partial charge in [0.25, 0.3) is 0 Å². The van der Waals surface area contributed by atoms with Crippen molar-refractivity contribution < 1.29 is 5.11 Å². The number of halogens is 1. The van der Waals surface area contributed by atoms with Gasteiger partial charge in [0.15, 0.2) is 0 Å². The molecular formula is C17H18ClNO. The van der Waals surface area contributed by atoms with Crippen molar-refractivity contribution in [2.75, 3.05) is 0 Å². The van der Waals surface area contributed by atoms with Crippen LogP contribution in [-0.2, 0) is 6.42 Å². The van der Waals surface area contributed by atoms with Gasteiger partial charge in [-0.2, -0.15) is 0 Å². The van der Waals surface area contributed by atoms with Crippen molar-refractivity contribution in [2.24, 2.45) is 0 Å². The number of phenols is 1. The molecule has 0 bridgehead atoms. The van der Waals surface area contributed by atoms with Crippen molar-refractivity contribution >= 4 is 11.6 Å². The first-order valence-electron chi connectivity index (χ1n) is 6.97. The van der Waals surface area contributed by atoms with Gasteiger partial charge in [0.05, 0.1) is 0 Å². The summed E-state index contributed by atoms with van der Waals surface area (Å²) in [6.07, 6.45) is 2.10. The Morgan fingerprint density at radius 3 is 2.70 bits per heavy atom. The Balaban J connectivity index is 1.75. The molecule has 0 saturated heterocycles. The van der Waals surface area contributed by atoms with E-state index in [4.69, 9.17) is 11.6 Å². The van der Waals surface area contributed by atoms with Crippen LogP contribution in [0.3, 0.4) is 0 Å². The molecule has 1 aliphatic rings. The third-order valence-electron chi connectivity index (χ3n) is 4.03. The number of nitrogens with one attached hydrogen (secondary N) is 1. The number of phenolic OH excluding ortho intramolecular Hbond substituents is 1. The van der Waals surface area contributed by atoms with Crippen LogP contribution in [-0.4, -0.2) is 5.11 Å². The summed E-state index contributed by atoms with van der Waals surface area (Å²) in [6, 6.07) is 14.3. The molecule has 1 aliphatic carbocycles. The Kier molecular flexibility index (Phi) is 3.68. The van der Waals surface area contributed by atoms with Crippen molar-refractivity contribution in [3.8, 4) is 5.75 Å². The average molecular weight is 288 g/mol. The molecule has 0 fully saturated rings. The molecule has 0 aliphatic heterocycles. The number of benzene rings is 2. The molecule has 2 nitrogen and oxygen atoms in total. The smallest absolute Gasteiger partial charge is 0.115 e. The number of aromatic hydroxyl groups is 1. The van der Waals surface area contributed by atoms with Gasteiger partial charge in [0.1, 0.15) is 5.75 Å². The molecular weight excluding hydrogens is 270 g/mol. The zero-order valence-electron chi connectivity index (χ0n) is 11.4. The minimum absolute atomic E-state index is 0.275. The number of rotatable bonds is 3. The molecule has 0 saturated carbocycles. The predicted molar refractivity (Wildman–Crippen MR) is 82.2 cm³/mol. The molecule has 2 unspecified atom stereocenters. The Morgan fingerprint density at radius 2 is 1.95 bits per heavy atom. The summed E-state index contributed by atoms with van der Waals surface area (Å²) in [6.45, 7) is 2.17. The van der Waals surface area contributed by atoms with Crippen molar-refractivity contribution in [3.63, 3.8) is 0 Å². The van der Waals surface area contributed by atoms with E-state index >= 15 is 0 Å². The second-order valence-corrected chi connectivity index (χ2v) is 5.85. The molecule has 20 heavy (non-hydrogen) atoms. The Labute approximate surface area is 124 Å². The van der Waals surface area contributed by atoms with E-state index in [1.54, 1.807) is 6.07 Å². The zero-order valence-corrected chi connectivity index (χ0v) is 12.2. The monoisotopic (exact) mass is 287 g/mol. The molecule has 0 heterocycles. The van der Waals surface area contributed by atoms with E-state index in [0.717, 1.165) is 17.9 Å². The molecule has 104 valence electrons. The van der Waals surface area contributed by atoms with Crippen molar-refractivity contribution in [2.45, 2.75) is 31.8 Å². The standard InChI is InChI=1S/C17H18ClNO/c1-11(12-2-5-14(18)6-3-12)19-17-9-4-13-10-15(20)7-8-16(13)17/h2-3,5-8,10-11,17,19-20H,4,9H2,1H3. The highest BCUT2D eigenvalue weighted by Crippen LogP contribution is 2.34. The summed E-state index contributed by atoms with van der Waals surface area (Å²) in [5.41, 5.74) is 3.80. The molecule has 2 N–H and O–H groups in total. The van der Waals surface area contributed by atoms with Crippen LogP contribution in [0.4, 0.5) is 0 Å². The first kappa shape index (κ1) is 13.5. The maximum atomic E-state index is 9.54. The highest BCUT2D eigenvalue weighted by atomic mass is 35.5. The Bertz CT molecular complexity index is 609. The molecule has 2 aromatic rings. The number of aryl methyl sites for hydroxylation is 1. The summed E-state index contributed by atoms with van der Waals surface area (Å²) in [7, 11) is 0. The minimum atomic E-state index is 0.275. The van der Waals surface area contributed by atoms with Crippen LogP contribution in [0.2, 0.25) is 5.02 Å². The number of hydrogen-bond acceptors (Lipinski definition) is 2. The summed E-state index contributed by atoms with van der Waals surface area (Å²) in [5, 5.41) is 14.0. The van der Waals surface area contributed by atoms with Crippen molar-refractivity contribution in [3.05, 3.63) is 64.2 Å². The molecule has 0 aromatic heterocycles. The third-order valence-corrected chi connectivity index (χ3v) is 4.28. The quantitative estimate of drug-likeness (QED) is 0.878. The Morgan fingerprint density at radius 1 is 1.20 bits per heavy atom. The van der Waals surface area contributed by atoms with E-state index < -0.39 is 0 Å². The van der Waals surface area contributed by atoms with Gasteiger partial charge in [-0.05, 0) is 60.7 Å². The van der Waals surface area contributed by atoms with Gasteiger partial charge >= 0.3 is 0 Å². The second kappa shape index (κ2) is 5.47. The van der Waals surface area contributed by atoms with Gasteiger partial charge < -0.3 is 10.4 Å². The van der Waals surface area contributed by atoms with Crippen LogP contribution >= 0.6 is 11.6 Å². The van der Waals surface area contributed by atoms with Gasteiger partial charge in [-0.15, -0.1) is 0 Å². The molecule has 2 aromatic carbocycles. The van der Waals surface area contributed by atoms with Crippen LogP contribution in [0.1, 0.15) is 42.1 Å².